The van der Waals surface area contributed by atoms with Gasteiger partial charge in [-0.15, -0.1) is 0 Å². The Morgan fingerprint density at radius 1 is 1.14 bits per heavy atom. The minimum absolute atomic E-state index is 0.0140. The number of nitrogens with zero attached hydrogens (tertiary/aromatic N) is 2. The Hall–Kier alpha value is -3.26. The van der Waals surface area contributed by atoms with Crippen LogP contribution in [0.1, 0.15) is 18.4 Å². The Morgan fingerprint density at radius 2 is 1.86 bits per heavy atom. The van der Waals surface area contributed by atoms with E-state index in [0.29, 0.717) is 6.54 Å². The summed E-state index contributed by atoms with van der Waals surface area (Å²) in [7, 11) is 0. The summed E-state index contributed by atoms with van der Waals surface area (Å²) in [6, 6.07) is 2.09. The Morgan fingerprint density at radius 3 is 2.54 bits per heavy atom. The molecule has 1 saturated heterocycles. The standard InChI is InChI=1S/C23H27F5N4O5/c24-2-1-3-29-13-19(33)32-5-4-31(6-7-36-32)21-17(25)9-15(10-18(21)26)14-8-16(37-20(34)11-14)12-30-23(35)22(27)28/h9-11,16,22,29H,1-8,12-13H2,(H,30,35)/t16-/m1/s1. The molecule has 1 aromatic rings. The average Bonchev–Trinajstić information content (AvgIpc) is 3.10. The first-order chi connectivity index (χ1) is 17.7. The van der Waals surface area contributed by atoms with Crippen LogP contribution in [0.3, 0.4) is 0 Å². The van der Waals surface area contributed by atoms with E-state index in [2.05, 4.69) is 5.32 Å². The Kier molecular flexibility index (Phi) is 10.2. The number of alkyl halides is 3. The molecule has 0 radical (unpaired) electrons. The quantitative estimate of drug-likeness (QED) is 0.267. The highest BCUT2D eigenvalue weighted by Crippen LogP contribution is 2.32. The van der Waals surface area contributed by atoms with Crippen LogP contribution in [0, 0.1) is 11.6 Å². The number of hydrogen-bond donors (Lipinski definition) is 2. The molecule has 2 N–H and O–H groups in total. The minimum atomic E-state index is -3.23. The summed E-state index contributed by atoms with van der Waals surface area (Å²) in [5, 5.41) is 5.83. The number of carbonyl (C=O) groups excluding carboxylic acids is 3. The number of halogens is 5. The molecule has 3 rings (SSSR count). The predicted molar refractivity (Wildman–Crippen MR) is 121 cm³/mol. The lowest BCUT2D eigenvalue weighted by Gasteiger charge is -2.26. The predicted octanol–water partition coefficient (Wildman–Crippen LogP) is 1.57. The lowest BCUT2D eigenvalue weighted by Crippen LogP contribution is -2.40. The summed E-state index contributed by atoms with van der Waals surface area (Å²) < 4.78 is 72.1. The second kappa shape index (κ2) is 13.3. The molecule has 9 nitrogen and oxygen atoms in total. The van der Waals surface area contributed by atoms with E-state index < -0.39 is 48.6 Å². The second-order valence-electron chi connectivity index (χ2n) is 8.30. The first kappa shape index (κ1) is 28.3. The van der Waals surface area contributed by atoms with E-state index in [4.69, 9.17) is 9.57 Å². The lowest BCUT2D eigenvalue weighted by molar-refractivity contribution is -0.180. The highest BCUT2D eigenvalue weighted by molar-refractivity contribution is 5.93. The Bertz CT molecular complexity index is 1000. The second-order valence-corrected chi connectivity index (χ2v) is 8.30. The zero-order valence-corrected chi connectivity index (χ0v) is 19.8. The number of esters is 1. The maximum absolute atomic E-state index is 15.1. The number of ether oxygens (including phenoxy) is 1. The van der Waals surface area contributed by atoms with Crippen molar-refractivity contribution in [3.63, 3.8) is 0 Å². The highest BCUT2D eigenvalue weighted by atomic mass is 19.3. The highest BCUT2D eigenvalue weighted by Gasteiger charge is 2.28. The summed E-state index contributed by atoms with van der Waals surface area (Å²) in [6.45, 7) is -0.450. The van der Waals surface area contributed by atoms with Crippen molar-refractivity contribution in [1.29, 1.82) is 0 Å². The summed E-state index contributed by atoms with van der Waals surface area (Å²) in [4.78, 5) is 42.0. The molecule has 14 heteroatoms. The van der Waals surface area contributed by atoms with E-state index >= 15 is 8.78 Å². The van der Waals surface area contributed by atoms with Gasteiger partial charge < -0.3 is 20.3 Å². The Labute approximate surface area is 209 Å². The fourth-order valence-electron chi connectivity index (χ4n) is 3.89. The monoisotopic (exact) mass is 534 g/mol. The molecular formula is C23H27F5N4O5. The van der Waals surface area contributed by atoms with Crippen LogP contribution in [-0.4, -0.2) is 87.9 Å². The smallest absolute Gasteiger partial charge is 0.331 e. The van der Waals surface area contributed by atoms with Gasteiger partial charge in [-0.05, 0) is 36.2 Å². The van der Waals surface area contributed by atoms with Crippen molar-refractivity contribution in [2.75, 3.05) is 57.4 Å². The molecule has 0 unspecified atom stereocenters. The molecule has 0 aromatic heterocycles. The zero-order valence-electron chi connectivity index (χ0n) is 19.8. The molecule has 0 bridgehead atoms. The first-order valence-corrected chi connectivity index (χ1v) is 11.6. The number of hydroxylamine groups is 2. The third-order valence-corrected chi connectivity index (χ3v) is 5.65. The van der Waals surface area contributed by atoms with Gasteiger partial charge in [0, 0.05) is 25.6 Å². The molecule has 1 aromatic carbocycles. The van der Waals surface area contributed by atoms with E-state index in [0.717, 1.165) is 23.3 Å². The molecule has 0 aliphatic carbocycles. The summed E-state index contributed by atoms with van der Waals surface area (Å²) in [6.07, 6.45) is -2.96. The summed E-state index contributed by atoms with van der Waals surface area (Å²) in [5.74, 6) is -4.58. The van der Waals surface area contributed by atoms with Gasteiger partial charge in [-0.3, -0.25) is 18.8 Å². The van der Waals surface area contributed by atoms with Crippen molar-refractivity contribution in [3.05, 3.63) is 35.4 Å². The Balaban J connectivity index is 1.66. The zero-order chi connectivity index (χ0) is 26.9. The van der Waals surface area contributed by atoms with Crippen molar-refractivity contribution >= 4 is 29.0 Å². The van der Waals surface area contributed by atoms with Crippen molar-refractivity contribution in [3.8, 4) is 0 Å². The summed E-state index contributed by atoms with van der Waals surface area (Å²) >= 11 is 0. The van der Waals surface area contributed by atoms with Crippen LogP contribution in [-0.2, 0) is 24.0 Å². The number of benzene rings is 1. The topological polar surface area (TPSA) is 100 Å². The van der Waals surface area contributed by atoms with Gasteiger partial charge in [0.05, 0.1) is 32.9 Å². The molecule has 0 spiro atoms. The molecule has 1 atom stereocenters. The number of anilines is 1. The van der Waals surface area contributed by atoms with E-state index in [-0.39, 0.29) is 69.0 Å². The van der Waals surface area contributed by atoms with Crippen LogP contribution in [0.15, 0.2) is 18.2 Å². The van der Waals surface area contributed by atoms with Crippen LogP contribution >= 0.6 is 0 Å². The number of rotatable bonds is 10. The molecule has 2 amide bonds. The third-order valence-electron chi connectivity index (χ3n) is 5.65. The fraction of sp³-hybridized carbons (Fsp3) is 0.522. The average molecular weight is 534 g/mol. The van der Waals surface area contributed by atoms with E-state index in [1.54, 1.807) is 0 Å². The molecule has 2 aliphatic heterocycles. The SMILES string of the molecule is O=C1C=C(c2cc(F)c(N3CCON(C(=O)CNCCCF)CC3)c(F)c2)C[C@H](CNC(=O)C(F)F)O1. The first-order valence-electron chi connectivity index (χ1n) is 11.6. The third kappa shape index (κ3) is 7.86. The normalized spacial score (nSPS) is 18.4. The van der Waals surface area contributed by atoms with Crippen LogP contribution in [0.2, 0.25) is 0 Å². The summed E-state index contributed by atoms with van der Waals surface area (Å²) in [5.41, 5.74) is -0.0570. The van der Waals surface area contributed by atoms with Gasteiger partial charge in [0.15, 0.2) is 0 Å². The molecule has 204 valence electrons. The van der Waals surface area contributed by atoms with Crippen LogP contribution in [0.25, 0.3) is 5.57 Å². The molecule has 1 fully saturated rings. The van der Waals surface area contributed by atoms with Gasteiger partial charge in [-0.2, -0.15) is 8.78 Å². The maximum atomic E-state index is 15.1. The van der Waals surface area contributed by atoms with Crippen LogP contribution in [0.5, 0.6) is 0 Å². The van der Waals surface area contributed by atoms with Crippen LogP contribution in [0.4, 0.5) is 27.6 Å². The lowest BCUT2D eigenvalue weighted by atomic mass is 9.96. The molecule has 37 heavy (non-hydrogen) atoms. The van der Waals surface area contributed by atoms with Gasteiger partial charge in [0.1, 0.15) is 23.4 Å². The number of cyclic esters (lactones) is 1. The van der Waals surface area contributed by atoms with Crippen molar-refractivity contribution in [2.24, 2.45) is 0 Å². The number of nitrogens with one attached hydrogen (secondary N) is 2. The van der Waals surface area contributed by atoms with Gasteiger partial charge in [0.25, 0.3) is 11.8 Å². The largest absolute Gasteiger partial charge is 0.457 e. The number of hydrogen-bond acceptors (Lipinski definition) is 7. The van der Waals surface area contributed by atoms with Crippen molar-refractivity contribution in [2.45, 2.75) is 25.4 Å². The van der Waals surface area contributed by atoms with Gasteiger partial charge in [0.2, 0.25) is 0 Å². The minimum Gasteiger partial charge on any atom is -0.457 e. The van der Waals surface area contributed by atoms with Crippen LogP contribution < -0.4 is 15.5 Å². The fourth-order valence-corrected chi connectivity index (χ4v) is 3.89. The maximum Gasteiger partial charge on any atom is 0.331 e. The molecule has 0 saturated carbocycles. The van der Waals surface area contributed by atoms with E-state index in [1.807, 2.05) is 5.32 Å². The van der Waals surface area contributed by atoms with Gasteiger partial charge >= 0.3 is 12.4 Å². The van der Waals surface area contributed by atoms with Crippen molar-refractivity contribution < 1.29 is 45.9 Å². The number of amides is 2. The van der Waals surface area contributed by atoms with E-state index in [9.17, 15) is 27.6 Å². The number of carbonyl (C=O) groups is 3. The van der Waals surface area contributed by atoms with E-state index in [1.165, 1.54) is 4.90 Å². The van der Waals surface area contributed by atoms with Crippen molar-refractivity contribution in [1.82, 2.24) is 15.7 Å². The van der Waals surface area contributed by atoms with Gasteiger partial charge in [-0.1, -0.05) is 0 Å². The molecular weight excluding hydrogens is 507 g/mol. The molecule has 2 aliphatic rings. The van der Waals surface area contributed by atoms with Gasteiger partial charge in [-0.25, -0.2) is 18.6 Å². The molecule has 2 heterocycles.